The monoisotopic (exact) mass is 666 g/mol. The number of methoxy groups -OCH3 is 2. The molecular formula is C36H50O8Si2. The van der Waals surface area contributed by atoms with Gasteiger partial charge in [0, 0.05) is 70.9 Å². The van der Waals surface area contributed by atoms with Crippen LogP contribution in [0.4, 0.5) is 0 Å². The van der Waals surface area contributed by atoms with E-state index in [4.69, 9.17) is 18.3 Å². The maximum atomic E-state index is 11.8. The van der Waals surface area contributed by atoms with Gasteiger partial charge in [0.15, 0.2) is 0 Å². The lowest BCUT2D eigenvalue weighted by atomic mass is 9.85. The van der Waals surface area contributed by atoms with Gasteiger partial charge in [-0.05, 0) is 60.5 Å². The van der Waals surface area contributed by atoms with Gasteiger partial charge in [-0.3, -0.25) is 0 Å². The van der Waals surface area contributed by atoms with Crippen LogP contribution in [0.5, 0.6) is 23.0 Å². The maximum Gasteiger partial charge on any atom is 0.250 e. The third-order valence-electron chi connectivity index (χ3n) is 10.7. The summed E-state index contributed by atoms with van der Waals surface area (Å²) in [6, 6.07) is 3.25. The van der Waals surface area contributed by atoms with E-state index in [9.17, 15) is 20.4 Å². The SMILES string of the molecule is COC1C=C(O[Si](C)(C)C(C)(C)C)Cc2c1c(O)c1cc3c(O)c4c(c(O)c3cc1c2O)CC(O[Si](C)(C)C(C)(C)C)=CC4OC. The summed E-state index contributed by atoms with van der Waals surface area (Å²) in [4.78, 5) is 0. The smallest absolute Gasteiger partial charge is 0.250 e. The Labute approximate surface area is 274 Å². The van der Waals surface area contributed by atoms with E-state index >= 15 is 0 Å². The first-order valence-corrected chi connectivity index (χ1v) is 21.7. The summed E-state index contributed by atoms with van der Waals surface area (Å²) >= 11 is 0. The molecule has 3 aromatic carbocycles. The first-order chi connectivity index (χ1) is 21.1. The number of aromatic hydroxyl groups is 4. The first kappa shape index (κ1) is 34.2. The van der Waals surface area contributed by atoms with E-state index < -0.39 is 28.8 Å². The normalized spacial score (nSPS) is 19.0. The van der Waals surface area contributed by atoms with Crippen molar-refractivity contribution in [2.75, 3.05) is 14.2 Å². The van der Waals surface area contributed by atoms with Gasteiger partial charge in [0.05, 0.1) is 11.5 Å². The molecule has 3 aromatic rings. The van der Waals surface area contributed by atoms with Crippen LogP contribution in [0.25, 0.3) is 21.5 Å². The van der Waals surface area contributed by atoms with Gasteiger partial charge in [-0.2, -0.15) is 0 Å². The largest absolute Gasteiger partial charge is 0.546 e. The van der Waals surface area contributed by atoms with Crippen LogP contribution >= 0.6 is 0 Å². The lowest BCUT2D eigenvalue weighted by Crippen LogP contribution is -2.41. The molecule has 2 aliphatic carbocycles. The fourth-order valence-corrected chi connectivity index (χ4v) is 8.16. The quantitative estimate of drug-likeness (QED) is 0.117. The lowest BCUT2D eigenvalue weighted by molar-refractivity contribution is 0.132. The Morgan fingerprint density at radius 3 is 1.15 bits per heavy atom. The summed E-state index contributed by atoms with van der Waals surface area (Å²) in [7, 11) is -1.28. The predicted octanol–water partition coefficient (Wildman–Crippen LogP) is 9.11. The van der Waals surface area contributed by atoms with Crippen molar-refractivity contribution in [3.05, 3.63) is 58.1 Å². The molecule has 0 bridgehead atoms. The molecule has 0 saturated heterocycles. The van der Waals surface area contributed by atoms with Crippen molar-refractivity contribution < 1.29 is 38.8 Å². The summed E-state index contributed by atoms with van der Waals surface area (Å²) in [5.74, 6) is 1.24. The Balaban J connectivity index is 1.68. The third kappa shape index (κ3) is 5.46. The molecule has 0 aromatic heterocycles. The minimum Gasteiger partial charge on any atom is -0.546 e. The molecule has 4 N–H and O–H groups in total. The van der Waals surface area contributed by atoms with Crippen molar-refractivity contribution in [2.45, 2.75) is 103 Å². The summed E-state index contributed by atoms with van der Waals surface area (Å²) in [5, 5.41) is 48.2. The highest BCUT2D eigenvalue weighted by atomic mass is 28.4. The highest BCUT2D eigenvalue weighted by molar-refractivity contribution is 6.74. The van der Waals surface area contributed by atoms with Crippen molar-refractivity contribution in [3.8, 4) is 23.0 Å². The number of hydrogen-bond acceptors (Lipinski definition) is 8. The molecule has 0 radical (unpaired) electrons. The Morgan fingerprint density at radius 2 is 0.870 bits per heavy atom. The Bertz CT molecular complexity index is 1660. The number of phenols is 4. The third-order valence-corrected chi connectivity index (χ3v) is 19.5. The number of phenolic OH excluding ortho intramolecular Hbond substituents is 4. The molecule has 2 unspecified atom stereocenters. The summed E-state index contributed by atoms with van der Waals surface area (Å²) in [6.45, 7) is 21.7. The molecule has 250 valence electrons. The number of hydrogen-bond donors (Lipinski definition) is 4. The van der Waals surface area contributed by atoms with E-state index in [0.717, 1.165) is 0 Å². The highest BCUT2D eigenvalue weighted by Crippen LogP contribution is 2.53. The van der Waals surface area contributed by atoms with E-state index in [2.05, 4.69) is 67.7 Å². The van der Waals surface area contributed by atoms with Gasteiger partial charge in [-0.1, -0.05) is 41.5 Å². The zero-order valence-corrected chi connectivity index (χ0v) is 31.3. The molecule has 2 atom stereocenters. The van der Waals surface area contributed by atoms with E-state index in [1.165, 1.54) is 0 Å². The fraction of sp³-hybridized carbons (Fsp3) is 0.500. The predicted molar refractivity (Wildman–Crippen MR) is 188 cm³/mol. The van der Waals surface area contributed by atoms with Crippen LogP contribution in [0.3, 0.4) is 0 Å². The van der Waals surface area contributed by atoms with Gasteiger partial charge in [-0.25, -0.2) is 0 Å². The van der Waals surface area contributed by atoms with E-state index in [0.29, 0.717) is 55.3 Å². The van der Waals surface area contributed by atoms with Gasteiger partial charge in [0.2, 0.25) is 16.6 Å². The Kier molecular flexibility index (Phi) is 8.33. The van der Waals surface area contributed by atoms with Gasteiger partial charge >= 0.3 is 0 Å². The first-order valence-electron chi connectivity index (χ1n) is 15.9. The number of ether oxygens (including phenoxy) is 2. The number of allylic oxidation sites excluding steroid dienone is 2. The average Bonchev–Trinajstić information content (AvgIpc) is 2.95. The maximum absolute atomic E-state index is 11.8. The molecule has 0 fully saturated rings. The van der Waals surface area contributed by atoms with Crippen molar-refractivity contribution in [1.29, 1.82) is 0 Å². The van der Waals surface area contributed by atoms with Gasteiger partial charge in [0.1, 0.15) is 35.2 Å². The molecule has 0 heterocycles. The summed E-state index contributed by atoms with van der Waals surface area (Å²) in [5.41, 5.74) is 1.95. The van der Waals surface area contributed by atoms with Crippen LogP contribution in [-0.2, 0) is 31.2 Å². The fourth-order valence-electron chi connectivity index (χ4n) is 5.95. The van der Waals surface area contributed by atoms with Crippen LogP contribution in [0.15, 0.2) is 35.8 Å². The Morgan fingerprint density at radius 1 is 0.565 bits per heavy atom. The molecule has 46 heavy (non-hydrogen) atoms. The molecule has 0 saturated carbocycles. The van der Waals surface area contributed by atoms with Crippen LogP contribution < -0.4 is 0 Å². The second kappa shape index (κ2) is 11.2. The van der Waals surface area contributed by atoms with Crippen molar-refractivity contribution >= 4 is 38.2 Å². The topological polar surface area (TPSA) is 118 Å². The highest BCUT2D eigenvalue weighted by Gasteiger charge is 2.42. The van der Waals surface area contributed by atoms with Crippen LogP contribution in [0.2, 0.25) is 36.3 Å². The van der Waals surface area contributed by atoms with Crippen LogP contribution in [0, 0.1) is 0 Å². The zero-order chi connectivity index (χ0) is 34.3. The molecular weight excluding hydrogens is 617 g/mol. The zero-order valence-electron chi connectivity index (χ0n) is 29.3. The second-order valence-electron chi connectivity index (χ2n) is 15.8. The standard InChI is InChI=1S/C36H50O8Si2/c1-35(2,3)45(9,10)43-19-13-25-29(27(15-19)41-7)33(39)23-18-24-22(17-21(23)31(25)37)32(38)26-14-20(44-46(11,12)36(4,5)6)16-28(42-8)30(26)34(24)40/h15-18,27-28,37-40H,13-14H2,1-12H3. The van der Waals surface area contributed by atoms with Crippen LogP contribution in [-0.4, -0.2) is 51.3 Å². The summed E-state index contributed by atoms with van der Waals surface area (Å²) in [6.07, 6.45) is 3.00. The van der Waals surface area contributed by atoms with Gasteiger partial charge in [-0.15, -0.1) is 0 Å². The minimum atomic E-state index is -2.20. The van der Waals surface area contributed by atoms with Crippen molar-refractivity contribution in [2.24, 2.45) is 0 Å². The average molecular weight is 667 g/mol. The van der Waals surface area contributed by atoms with E-state index in [-0.39, 0.29) is 45.9 Å². The molecule has 10 heteroatoms. The van der Waals surface area contributed by atoms with Crippen molar-refractivity contribution in [3.63, 3.8) is 0 Å². The molecule has 0 spiro atoms. The Hall–Kier alpha value is -3.19. The number of fused-ring (bicyclic) bond motifs is 4. The molecule has 0 aliphatic heterocycles. The van der Waals surface area contributed by atoms with E-state index in [1.807, 2.05) is 12.2 Å². The number of rotatable bonds is 6. The minimum absolute atomic E-state index is 0.0237. The van der Waals surface area contributed by atoms with E-state index in [1.54, 1.807) is 26.4 Å². The molecule has 5 rings (SSSR count). The molecule has 8 nitrogen and oxygen atoms in total. The van der Waals surface area contributed by atoms with Gasteiger partial charge < -0.3 is 38.8 Å². The molecule has 2 aliphatic rings. The van der Waals surface area contributed by atoms with Crippen molar-refractivity contribution in [1.82, 2.24) is 0 Å². The van der Waals surface area contributed by atoms with Crippen LogP contribution in [0.1, 0.15) is 76.0 Å². The lowest BCUT2D eigenvalue weighted by Gasteiger charge is -2.39. The summed E-state index contributed by atoms with van der Waals surface area (Å²) < 4.78 is 24.8. The number of benzene rings is 3. The molecule has 0 amide bonds. The van der Waals surface area contributed by atoms with Gasteiger partial charge in [0.25, 0.3) is 0 Å². The second-order valence-corrected chi connectivity index (χ2v) is 25.2.